The number of pyridine rings is 1. The van der Waals surface area contributed by atoms with Gasteiger partial charge in [-0.25, -0.2) is 9.78 Å². The van der Waals surface area contributed by atoms with Crippen molar-refractivity contribution in [2.24, 2.45) is 5.16 Å². The van der Waals surface area contributed by atoms with E-state index in [0.29, 0.717) is 23.6 Å². The third kappa shape index (κ3) is 6.61. The molecule has 0 bridgehead atoms. The van der Waals surface area contributed by atoms with Gasteiger partial charge in [0.15, 0.2) is 11.9 Å². The number of ether oxygens (including phenoxy) is 3. The average molecular weight is 495 g/mol. The van der Waals surface area contributed by atoms with Gasteiger partial charge >= 0.3 is 12.1 Å². The Labute approximate surface area is 197 Å². The fraction of sp³-hybridized carbons (Fsp3) is 0.174. The van der Waals surface area contributed by atoms with Crippen LogP contribution in [0.25, 0.3) is 0 Å². The maximum absolute atomic E-state index is 12.8. The molecule has 0 fully saturated rings. The van der Waals surface area contributed by atoms with E-state index < -0.39 is 23.8 Å². The number of halogens is 4. The van der Waals surface area contributed by atoms with Crippen LogP contribution >= 0.6 is 11.6 Å². The second kappa shape index (κ2) is 10.9. The molecule has 1 atom stereocenters. The number of aromatic nitrogens is 1. The first-order chi connectivity index (χ1) is 16.2. The van der Waals surface area contributed by atoms with Crippen LogP contribution in [-0.2, 0) is 15.7 Å². The molecule has 0 aliphatic heterocycles. The molecule has 0 spiro atoms. The van der Waals surface area contributed by atoms with Crippen LogP contribution in [0.4, 0.5) is 13.2 Å². The highest BCUT2D eigenvalue weighted by Gasteiger charge is 2.32. The Bertz CT molecular complexity index is 1170. The van der Waals surface area contributed by atoms with E-state index >= 15 is 0 Å². The van der Waals surface area contributed by atoms with Gasteiger partial charge in [0.1, 0.15) is 16.5 Å². The minimum absolute atomic E-state index is 0.141. The van der Waals surface area contributed by atoms with Gasteiger partial charge in [-0.15, -0.1) is 0 Å². The van der Waals surface area contributed by atoms with E-state index in [4.69, 9.17) is 25.9 Å². The minimum Gasteiger partial charge on any atom is -0.478 e. The molecule has 0 saturated carbocycles. The first-order valence-electron chi connectivity index (χ1n) is 9.72. The molecule has 1 heterocycles. The third-order valence-corrected chi connectivity index (χ3v) is 4.54. The number of oxime groups is 1. The number of hydrogen-bond donors (Lipinski definition) is 0. The molecule has 0 amide bonds. The van der Waals surface area contributed by atoms with Crippen LogP contribution in [0, 0.1) is 0 Å². The van der Waals surface area contributed by atoms with Crippen molar-refractivity contribution >= 4 is 23.8 Å². The number of esters is 1. The molecule has 11 heteroatoms. The van der Waals surface area contributed by atoms with E-state index in [0.717, 1.165) is 0 Å². The molecule has 3 rings (SSSR count). The third-order valence-electron chi connectivity index (χ3n) is 4.26. The number of benzene rings is 2. The lowest BCUT2D eigenvalue weighted by Gasteiger charge is -2.16. The zero-order valence-electron chi connectivity index (χ0n) is 17.9. The van der Waals surface area contributed by atoms with E-state index in [1.807, 2.05) is 6.07 Å². The fourth-order valence-electron chi connectivity index (χ4n) is 2.58. The number of methoxy groups -OCH3 is 1. The first-order valence-corrected chi connectivity index (χ1v) is 10.1. The minimum atomic E-state index is -4.59. The predicted octanol–water partition coefficient (Wildman–Crippen LogP) is 5.90. The molecular formula is C23H18ClF3N2O5. The molecule has 1 unspecified atom stereocenters. The summed E-state index contributed by atoms with van der Waals surface area (Å²) in [5.41, 5.74) is -0.587. The summed E-state index contributed by atoms with van der Waals surface area (Å²) in [5, 5.41) is 3.57. The number of hydrogen-bond acceptors (Lipinski definition) is 7. The van der Waals surface area contributed by atoms with Crippen molar-refractivity contribution in [1.82, 2.24) is 4.98 Å². The largest absolute Gasteiger partial charge is 0.478 e. The predicted molar refractivity (Wildman–Crippen MR) is 118 cm³/mol. The molecule has 34 heavy (non-hydrogen) atoms. The topological polar surface area (TPSA) is 79.2 Å². The lowest BCUT2D eigenvalue weighted by Crippen LogP contribution is -2.25. The summed E-state index contributed by atoms with van der Waals surface area (Å²) >= 11 is 5.91. The number of carbonyl (C=O) groups excluding carboxylic acids is 1. The van der Waals surface area contributed by atoms with Crippen molar-refractivity contribution < 1.29 is 37.0 Å². The fourth-order valence-corrected chi connectivity index (χ4v) is 2.79. The summed E-state index contributed by atoms with van der Waals surface area (Å²) in [6.45, 7) is 1.48. The molecule has 0 saturated heterocycles. The summed E-state index contributed by atoms with van der Waals surface area (Å²) in [6, 6.07) is 14.0. The van der Waals surface area contributed by atoms with Gasteiger partial charge in [-0.2, -0.15) is 13.2 Å². The standard InChI is InChI=1S/C23H18ClF3N2O5/c1-14(22(30)31-2)32-20-11-18(33-21-19(24)10-16(13-28-21)23(25,26)27)9-8-15(20)12-29-34-17-6-4-3-5-7-17/h3-14H,1-2H3/b29-12+. The monoisotopic (exact) mass is 494 g/mol. The Balaban J connectivity index is 1.86. The molecule has 0 radical (unpaired) electrons. The van der Waals surface area contributed by atoms with E-state index in [1.165, 1.54) is 32.4 Å². The molecule has 3 aromatic rings. The van der Waals surface area contributed by atoms with Gasteiger partial charge in [-0.1, -0.05) is 35.0 Å². The number of rotatable bonds is 8. The van der Waals surface area contributed by atoms with Crippen LogP contribution in [0.1, 0.15) is 18.1 Å². The van der Waals surface area contributed by atoms with E-state index in [9.17, 15) is 18.0 Å². The second-order valence-corrected chi connectivity index (χ2v) is 7.14. The van der Waals surface area contributed by atoms with Crippen LogP contribution in [0.3, 0.4) is 0 Å². The average Bonchev–Trinajstić information content (AvgIpc) is 2.81. The Morgan fingerprint density at radius 2 is 1.85 bits per heavy atom. The summed E-state index contributed by atoms with van der Waals surface area (Å²) in [4.78, 5) is 20.7. The highest BCUT2D eigenvalue weighted by molar-refractivity contribution is 6.31. The summed E-state index contributed by atoms with van der Waals surface area (Å²) in [5.74, 6) is -0.0500. The van der Waals surface area contributed by atoms with Crippen LogP contribution in [0.15, 0.2) is 65.9 Å². The van der Waals surface area contributed by atoms with Gasteiger partial charge in [0, 0.05) is 17.8 Å². The van der Waals surface area contributed by atoms with Crippen molar-refractivity contribution in [3.63, 3.8) is 0 Å². The SMILES string of the molecule is COC(=O)C(C)Oc1cc(Oc2ncc(C(F)(F)F)cc2Cl)ccc1/C=N/Oc1ccccc1. The smallest absolute Gasteiger partial charge is 0.417 e. The lowest BCUT2D eigenvalue weighted by molar-refractivity contribution is -0.148. The maximum Gasteiger partial charge on any atom is 0.417 e. The van der Waals surface area contributed by atoms with Crippen LogP contribution in [-0.4, -0.2) is 30.4 Å². The second-order valence-electron chi connectivity index (χ2n) is 6.73. The summed E-state index contributed by atoms with van der Waals surface area (Å²) in [6.07, 6.45) is -3.60. The van der Waals surface area contributed by atoms with E-state index in [2.05, 4.69) is 14.9 Å². The van der Waals surface area contributed by atoms with Crippen LogP contribution in [0.2, 0.25) is 5.02 Å². The van der Waals surface area contributed by atoms with Crippen LogP contribution in [0.5, 0.6) is 23.1 Å². The molecule has 0 aliphatic carbocycles. The maximum atomic E-state index is 12.8. The van der Waals surface area contributed by atoms with Gasteiger partial charge in [-0.3, -0.25) is 0 Å². The Morgan fingerprint density at radius 3 is 2.50 bits per heavy atom. The summed E-state index contributed by atoms with van der Waals surface area (Å²) in [7, 11) is 1.22. The van der Waals surface area contributed by atoms with E-state index in [-0.39, 0.29) is 22.4 Å². The molecular weight excluding hydrogens is 477 g/mol. The molecule has 0 aliphatic rings. The highest BCUT2D eigenvalue weighted by atomic mass is 35.5. The van der Waals surface area contributed by atoms with Gasteiger partial charge in [0.25, 0.3) is 0 Å². The van der Waals surface area contributed by atoms with Crippen molar-refractivity contribution in [3.05, 3.63) is 76.9 Å². The van der Waals surface area contributed by atoms with Crippen molar-refractivity contribution in [3.8, 4) is 23.1 Å². The Morgan fingerprint density at radius 1 is 1.12 bits per heavy atom. The zero-order chi connectivity index (χ0) is 24.7. The van der Waals surface area contributed by atoms with Gasteiger partial charge in [-0.05, 0) is 37.3 Å². The number of nitrogens with zero attached hydrogens (tertiary/aromatic N) is 2. The van der Waals surface area contributed by atoms with Crippen LogP contribution < -0.4 is 14.3 Å². The lowest BCUT2D eigenvalue weighted by atomic mass is 10.2. The molecule has 178 valence electrons. The molecule has 2 aromatic carbocycles. The van der Waals surface area contributed by atoms with Crippen molar-refractivity contribution in [2.45, 2.75) is 19.2 Å². The molecule has 0 N–H and O–H groups in total. The highest BCUT2D eigenvalue weighted by Crippen LogP contribution is 2.35. The number of carbonyl (C=O) groups is 1. The normalized spacial score (nSPS) is 12.3. The van der Waals surface area contributed by atoms with Gasteiger partial charge in [0.05, 0.1) is 18.9 Å². The van der Waals surface area contributed by atoms with E-state index in [1.54, 1.807) is 30.3 Å². The molecule has 1 aromatic heterocycles. The van der Waals surface area contributed by atoms with Crippen molar-refractivity contribution in [2.75, 3.05) is 7.11 Å². The number of para-hydroxylation sites is 1. The Hall–Kier alpha value is -3.79. The van der Waals surface area contributed by atoms with Crippen molar-refractivity contribution in [1.29, 1.82) is 0 Å². The van der Waals surface area contributed by atoms with Gasteiger partial charge in [0.2, 0.25) is 5.88 Å². The van der Waals surface area contributed by atoms with Gasteiger partial charge < -0.3 is 19.0 Å². The zero-order valence-corrected chi connectivity index (χ0v) is 18.6. The first kappa shape index (κ1) is 24.8. The Kier molecular flexibility index (Phi) is 7.95. The quantitative estimate of drug-likeness (QED) is 0.220. The molecule has 7 nitrogen and oxygen atoms in total. The number of alkyl halides is 3. The summed E-state index contributed by atoms with van der Waals surface area (Å²) < 4.78 is 54.4.